The van der Waals surface area contributed by atoms with Crippen LogP contribution in [0.15, 0.2) is 47.7 Å². The summed E-state index contributed by atoms with van der Waals surface area (Å²) in [6.45, 7) is 0.602. The van der Waals surface area contributed by atoms with E-state index in [0.29, 0.717) is 35.0 Å². The number of methoxy groups -OCH3 is 2. The first-order valence-corrected chi connectivity index (χ1v) is 8.19. The smallest absolute Gasteiger partial charge is 0.269 e. The molecule has 1 aromatic carbocycles. The Morgan fingerprint density at radius 3 is 2.81 bits per heavy atom. The molecule has 140 valence electrons. The van der Waals surface area contributed by atoms with Gasteiger partial charge in [-0.3, -0.25) is 19.3 Å². The molecule has 0 saturated carbocycles. The molecule has 0 radical (unpaired) electrons. The van der Waals surface area contributed by atoms with E-state index in [4.69, 9.17) is 9.47 Å². The van der Waals surface area contributed by atoms with Gasteiger partial charge in [-0.1, -0.05) is 0 Å². The third-order valence-electron chi connectivity index (χ3n) is 3.94. The van der Waals surface area contributed by atoms with Crippen LogP contribution < -0.4 is 20.3 Å². The van der Waals surface area contributed by atoms with Crippen molar-refractivity contribution in [3.05, 3.63) is 58.9 Å². The fourth-order valence-electron chi connectivity index (χ4n) is 2.52. The van der Waals surface area contributed by atoms with E-state index in [1.165, 1.54) is 23.2 Å². The Bertz CT molecular complexity index is 995. The van der Waals surface area contributed by atoms with Crippen molar-refractivity contribution in [3.63, 3.8) is 0 Å². The third-order valence-corrected chi connectivity index (χ3v) is 3.94. The maximum atomic E-state index is 12.3. The van der Waals surface area contributed by atoms with Gasteiger partial charge in [0.05, 0.1) is 26.2 Å². The van der Waals surface area contributed by atoms with Crippen molar-refractivity contribution >= 4 is 5.91 Å². The monoisotopic (exact) mass is 369 g/mol. The van der Waals surface area contributed by atoms with E-state index in [2.05, 4.69) is 20.5 Å². The zero-order chi connectivity index (χ0) is 19.2. The molecular formula is C18H19N5O4. The molecule has 1 amide bonds. The van der Waals surface area contributed by atoms with Gasteiger partial charge in [0.15, 0.2) is 0 Å². The fourth-order valence-corrected chi connectivity index (χ4v) is 2.52. The van der Waals surface area contributed by atoms with E-state index >= 15 is 0 Å². The summed E-state index contributed by atoms with van der Waals surface area (Å²) in [4.78, 5) is 27.8. The lowest BCUT2D eigenvalue weighted by Crippen LogP contribution is -2.30. The van der Waals surface area contributed by atoms with Crippen LogP contribution >= 0.6 is 0 Å². The van der Waals surface area contributed by atoms with E-state index in [9.17, 15) is 9.59 Å². The van der Waals surface area contributed by atoms with Crippen molar-refractivity contribution in [2.24, 2.45) is 0 Å². The highest BCUT2D eigenvalue weighted by molar-refractivity contribution is 5.93. The lowest BCUT2D eigenvalue weighted by atomic mass is 10.1. The Morgan fingerprint density at radius 2 is 2.07 bits per heavy atom. The topological polar surface area (TPSA) is 111 Å². The summed E-state index contributed by atoms with van der Waals surface area (Å²) in [5, 5.41) is 9.64. The highest BCUT2D eigenvalue weighted by Crippen LogP contribution is 2.32. The van der Waals surface area contributed by atoms with Crippen molar-refractivity contribution in [2.75, 3.05) is 20.8 Å². The van der Waals surface area contributed by atoms with Crippen LogP contribution in [0.1, 0.15) is 10.5 Å². The summed E-state index contributed by atoms with van der Waals surface area (Å²) in [5.41, 5.74) is 1.38. The molecule has 0 unspecified atom stereocenters. The molecule has 0 aliphatic rings. The first-order chi connectivity index (χ1) is 13.1. The number of benzene rings is 1. The molecule has 2 heterocycles. The summed E-state index contributed by atoms with van der Waals surface area (Å²) in [7, 11) is 3.13. The maximum absolute atomic E-state index is 12.3. The van der Waals surface area contributed by atoms with Gasteiger partial charge in [0.2, 0.25) is 0 Å². The lowest BCUT2D eigenvalue weighted by molar-refractivity contribution is 0.0947. The molecule has 27 heavy (non-hydrogen) atoms. The standard InChI is InChI=1S/C18H19N5O4/c1-26-12-3-4-16(27-2)13(9-12)14-10-15(22-21-14)18(25)20-7-8-23-11-19-6-5-17(23)24/h3-6,9-11H,7-8H2,1-2H3,(H,20,25)(H,21,22). The van der Waals surface area contributed by atoms with Gasteiger partial charge in [-0.15, -0.1) is 0 Å². The summed E-state index contributed by atoms with van der Waals surface area (Å²) < 4.78 is 12.0. The molecule has 0 aliphatic carbocycles. The quantitative estimate of drug-likeness (QED) is 0.645. The fraction of sp³-hybridized carbons (Fsp3) is 0.222. The summed E-state index contributed by atoms with van der Waals surface area (Å²) in [6.07, 6.45) is 2.86. The Kier molecular flexibility index (Phi) is 5.50. The van der Waals surface area contributed by atoms with E-state index in [1.54, 1.807) is 38.5 Å². The largest absolute Gasteiger partial charge is 0.497 e. The van der Waals surface area contributed by atoms with E-state index < -0.39 is 0 Å². The number of H-pyrrole nitrogens is 1. The van der Waals surface area contributed by atoms with Gasteiger partial charge in [-0.25, -0.2) is 4.98 Å². The summed E-state index contributed by atoms with van der Waals surface area (Å²) >= 11 is 0. The van der Waals surface area contributed by atoms with Crippen LogP contribution in [0.3, 0.4) is 0 Å². The van der Waals surface area contributed by atoms with Crippen molar-refractivity contribution in [3.8, 4) is 22.8 Å². The van der Waals surface area contributed by atoms with Gasteiger partial charge in [0.25, 0.3) is 11.5 Å². The highest BCUT2D eigenvalue weighted by Gasteiger charge is 2.14. The predicted octanol–water partition coefficient (Wildman–Crippen LogP) is 1.08. The zero-order valence-corrected chi connectivity index (χ0v) is 14.9. The molecule has 0 atom stereocenters. The molecule has 2 aromatic heterocycles. The number of amides is 1. The number of nitrogens with zero attached hydrogens (tertiary/aromatic N) is 3. The third kappa shape index (κ3) is 4.14. The van der Waals surface area contributed by atoms with Gasteiger partial charge in [-0.2, -0.15) is 5.10 Å². The second-order valence-corrected chi connectivity index (χ2v) is 5.60. The SMILES string of the molecule is COc1ccc(OC)c(-c2cc(C(=O)NCCn3cnccc3=O)[nH]n2)c1. The van der Waals surface area contributed by atoms with Crippen molar-refractivity contribution in [1.82, 2.24) is 25.1 Å². The van der Waals surface area contributed by atoms with Crippen LogP contribution in [-0.2, 0) is 6.54 Å². The first-order valence-electron chi connectivity index (χ1n) is 8.19. The minimum Gasteiger partial charge on any atom is -0.497 e. The number of carbonyl (C=O) groups is 1. The Hall–Kier alpha value is -3.62. The van der Waals surface area contributed by atoms with Crippen LogP contribution in [0.5, 0.6) is 11.5 Å². The molecule has 0 fully saturated rings. The molecule has 9 nitrogen and oxygen atoms in total. The van der Waals surface area contributed by atoms with E-state index in [-0.39, 0.29) is 18.0 Å². The van der Waals surface area contributed by atoms with Crippen molar-refractivity contribution in [2.45, 2.75) is 6.54 Å². The molecule has 3 aromatic rings. The van der Waals surface area contributed by atoms with Crippen LogP contribution in [0.2, 0.25) is 0 Å². The molecule has 0 bridgehead atoms. The lowest BCUT2D eigenvalue weighted by Gasteiger charge is -2.08. The van der Waals surface area contributed by atoms with Gasteiger partial charge in [0.1, 0.15) is 17.2 Å². The van der Waals surface area contributed by atoms with Gasteiger partial charge < -0.3 is 14.8 Å². The van der Waals surface area contributed by atoms with Crippen LogP contribution in [-0.4, -0.2) is 46.4 Å². The maximum Gasteiger partial charge on any atom is 0.269 e. The average Bonchev–Trinajstić information content (AvgIpc) is 3.19. The number of aromatic amines is 1. The molecule has 3 rings (SSSR count). The van der Waals surface area contributed by atoms with Crippen LogP contribution in [0.4, 0.5) is 0 Å². The van der Waals surface area contributed by atoms with Gasteiger partial charge >= 0.3 is 0 Å². The van der Waals surface area contributed by atoms with Crippen LogP contribution in [0, 0.1) is 0 Å². The molecule has 0 spiro atoms. The zero-order valence-electron chi connectivity index (χ0n) is 14.9. The Balaban J connectivity index is 1.69. The Labute approximate surface area is 155 Å². The number of nitrogens with one attached hydrogen (secondary N) is 2. The van der Waals surface area contributed by atoms with Crippen molar-refractivity contribution < 1.29 is 14.3 Å². The van der Waals surface area contributed by atoms with Gasteiger partial charge in [-0.05, 0) is 24.3 Å². The second kappa shape index (κ2) is 8.17. The molecule has 2 N–H and O–H groups in total. The molecule has 9 heteroatoms. The number of hydrogen-bond acceptors (Lipinski definition) is 6. The van der Waals surface area contributed by atoms with E-state index in [1.807, 2.05) is 0 Å². The second-order valence-electron chi connectivity index (χ2n) is 5.60. The number of aromatic nitrogens is 4. The number of carbonyl (C=O) groups excluding carboxylic acids is 1. The first kappa shape index (κ1) is 18.2. The number of ether oxygens (including phenoxy) is 2. The molecule has 0 saturated heterocycles. The number of rotatable bonds is 7. The summed E-state index contributed by atoms with van der Waals surface area (Å²) in [6, 6.07) is 8.33. The number of hydrogen-bond donors (Lipinski definition) is 2. The van der Waals surface area contributed by atoms with Crippen molar-refractivity contribution in [1.29, 1.82) is 0 Å². The highest BCUT2D eigenvalue weighted by atomic mass is 16.5. The average molecular weight is 369 g/mol. The van der Waals surface area contributed by atoms with E-state index in [0.717, 1.165) is 0 Å². The predicted molar refractivity (Wildman–Crippen MR) is 98.0 cm³/mol. The van der Waals surface area contributed by atoms with Gasteiger partial charge in [0, 0.05) is 30.9 Å². The normalized spacial score (nSPS) is 10.4. The molecule has 0 aliphatic heterocycles. The summed E-state index contributed by atoms with van der Waals surface area (Å²) in [5.74, 6) is 0.944. The molecular weight excluding hydrogens is 350 g/mol. The minimum atomic E-state index is -0.326. The van der Waals surface area contributed by atoms with Crippen LogP contribution in [0.25, 0.3) is 11.3 Å². The Morgan fingerprint density at radius 1 is 1.22 bits per heavy atom. The minimum absolute atomic E-state index is 0.173.